The highest BCUT2D eigenvalue weighted by atomic mass is 19.2. The molecule has 2 aromatic rings. The van der Waals surface area contributed by atoms with E-state index < -0.39 is 24.8 Å². The Morgan fingerprint density at radius 3 is 2.39 bits per heavy atom. The van der Waals surface area contributed by atoms with Crippen molar-refractivity contribution < 1.29 is 23.0 Å². The lowest BCUT2D eigenvalue weighted by molar-refractivity contribution is 0.0693. The van der Waals surface area contributed by atoms with Crippen molar-refractivity contribution in [2.24, 2.45) is 0 Å². The highest BCUT2D eigenvalue weighted by molar-refractivity contribution is 6.15. The molecule has 0 aliphatic heterocycles. The maximum Gasteiger partial charge on any atom is 0.577 e. The van der Waals surface area contributed by atoms with Gasteiger partial charge in [-0.1, -0.05) is 16.6 Å². The van der Waals surface area contributed by atoms with E-state index in [0.717, 1.165) is 0 Å². The normalized spacial score (nSPS) is 9.50. The lowest BCUT2D eigenvalue weighted by Crippen LogP contribution is -2.16. The standard InChI is InChI=1S/C10H6FNO3.BF2/c11-12-5-7(10(14)15)9(13)6-3-1-2-4-8(6)12;2-1-3/h1-5H,(H,14,15);. The molecule has 0 saturated carbocycles. The summed E-state index contributed by atoms with van der Waals surface area (Å²) in [5, 5.41) is 8.73. The predicted octanol–water partition coefficient (Wildman–Crippen LogP) is 1.89. The van der Waals surface area contributed by atoms with Crippen LogP contribution >= 0.6 is 0 Å². The average Bonchev–Trinajstić information content (AvgIpc) is 2.34. The number of aromatic nitrogens is 1. The molecule has 1 heterocycles. The van der Waals surface area contributed by atoms with Crippen LogP contribution in [0.3, 0.4) is 0 Å². The Kier molecular flexibility index (Phi) is 4.53. The van der Waals surface area contributed by atoms with Gasteiger partial charge in [-0.15, -0.1) is 0 Å². The van der Waals surface area contributed by atoms with Gasteiger partial charge in [-0.05, 0) is 12.1 Å². The summed E-state index contributed by atoms with van der Waals surface area (Å²) in [7, 11) is -1.00. The van der Waals surface area contributed by atoms with Crippen LogP contribution < -0.4 is 5.43 Å². The largest absolute Gasteiger partial charge is 0.577 e. The Balaban J connectivity index is 0.000000492. The second-order valence-electron chi connectivity index (χ2n) is 3.09. The molecule has 0 spiro atoms. The molecule has 0 amide bonds. The Morgan fingerprint density at radius 2 is 1.83 bits per heavy atom. The fourth-order valence-corrected chi connectivity index (χ4v) is 1.39. The molecule has 0 aliphatic carbocycles. The Labute approximate surface area is 99.5 Å². The van der Waals surface area contributed by atoms with E-state index in [1.165, 1.54) is 12.1 Å². The molecule has 1 radical (unpaired) electrons. The van der Waals surface area contributed by atoms with Crippen LogP contribution in [0.1, 0.15) is 10.4 Å². The van der Waals surface area contributed by atoms with Crippen molar-refractivity contribution in [1.29, 1.82) is 0 Å². The number of carbonyl (C=O) groups is 1. The van der Waals surface area contributed by atoms with Crippen molar-refractivity contribution in [3.05, 3.63) is 46.2 Å². The summed E-state index contributed by atoms with van der Waals surface area (Å²) < 4.78 is 32.3. The predicted molar refractivity (Wildman–Crippen MR) is 59.6 cm³/mol. The molecule has 0 unspecified atom stereocenters. The summed E-state index contributed by atoms with van der Waals surface area (Å²) in [5.41, 5.74) is -1.18. The topological polar surface area (TPSA) is 59.3 Å². The molecule has 0 fully saturated rings. The van der Waals surface area contributed by atoms with Crippen LogP contribution in [0.4, 0.5) is 13.1 Å². The van der Waals surface area contributed by atoms with E-state index in [0.29, 0.717) is 6.20 Å². The number of carboxylic acid groups (broad SMARTS) is 1. The first-order valence-corrected chi connectivity index (χ1v) is 4.59. The minimum atomic E-state index is -1.43. The SMILES string of the molecule is F[B]F.O=C(O)c1cn(F)c2ccccc2c1=O. The van der Waals surface area contributed by atoms with Gasteiger partial charge >= 0.3 is 13.8 Å². The molecule has 8 heteroatoms. The van der Waals surface area contributed by atoms with Gasteiger partial charge in [0.25, 0.3) is 0 Å². The van der Waals surface area contributed by atoms with Gasteiger partial charge in [0.05, 0.1) is 11.7 Å². The van der Waals surface area contributed by atoms with Crippen LogP contribution in [-0.2, 0) is 0 Å². The second kappa shape index (κ2) is 5.90. The monoisotopic (exact) mass is 256 g/mol. The van der Waals surface area contributed by atoms with E-state index in [9.17, 15) is 22.7 Å². The van der Waals surface area contributed by atoms with Crippen molar-refractivity contribution in [2.45, 2.75) is 0 Å². The molecule has 2 rings (SSSR count). The van der Waals surface area contributed by atoms with E-state index in [-0.39, 0.29) is 15.7 Å². The number of rotatable bonds is 1. The van der Waals surface area contributed by atoms with Crippen LogP contribution in [0, 0.1) is 0 Å². The maximum absolute atomic E-state index is 13.3. The molecule has 1 aromatic carbocycles. The van der Waals surface area contributed by atoms with Crippen LogP contribution in [0.25, 0.3) is 10.9 Å². The second-order valence-corrected chi connectivity index (χ2v) is 3.09. The number of benzene rings is 1. The first kappa shape index (κ1) is 13.8. The number of pyridine rings is 1. The van der Waals surface area contributed by atoms with Gasteiger partial charge in [-0.25, -0.2) is 4.79 Å². The lowest BCUT2D eigenvalue weighted by atomic mass is 10.1. The molecule has 0 bridgehead atoms. The van der Waals surface area contributed by atoms with Gasteiger partial charge in [0.15, 0.2) is 0 Å². The van der Waals surface area contributed by atoms with Gasteiger partial charge in [-0.3, -0.25) is 13.4 Å². The van der Waals surface area contributed by atoms with E-state index >= 15 is 0 Å². The van der Waals surface area contributed by atoms with Crippen molar-refractivity contribution in [1.82, 2.24) is 4.79 Å². The number of nitrogens with zero attached hydrogens (tertiary/aromatic N) is 1. The molecule has 4 nitrogen and oxygen atoms in total. The first-order chi connectivity index (χ1) is 8.52. The van der Waals surface area contributed by atoms with Crippen molar-refractivity contribution in [3.63, 3.8) is 0 Å². The average molecular weight is 256 g/mol. The highest BCUT2D eigenvalue weighted by Gasteiger charge is 2.13. The number of carboxylic acids is 1. The summed E-state index contributed by atoms with van der Waals surface area (Å²) >= 11 is 0. The van der Waals surface area contributed by atoms with Crippen LogP contribution in [0.2, 0.25) is 0 Å². The fraction of sp³-hybridized carbons (Fsp3) is 0. The summed E-state index contributed by atoms with van der Waals surface area (Å²) in [4.78, 5) is 22.3. The van der Waals surface area contributed by atoms with Crippen LogP contribution in [-0.4, -0.2) is 23.7 Å². The molecule has 1 N–H and O–H groups in total. The number of para-hydroxylation sites is 1. The van der Waals surface area contributed by atoms with E-state index in [4.69, 9.17) is 5.11 Å². The molecular weight excluding hydrogens is 250 g/mol. The van der Waals surface area contributed by atoms with Gasteiger partial charge in [0, 0.05) is 5.39 Å². The van der Waals surface area contributed by atoms with Crippen molar-refractivity contribution >= 4 is 24.7 Å². The zero-order chi connectivity index (χ0) is 13.7. The maximum atomic E-state index is 13.3. The highest BCUT2D eigenvalue weighted by Crippen LogP contribution is 2.11. The zero-order valence-corrected chi connectivity index (χ0v) is 8.81. The number of aromatic carboxylic acids is 1. The molecule has 0 saturated heterocycles. The number of hydrogen-bond acceptors (Lipinski definition) is 2. The van der Waals surface area contributed by atoms with Gasteiger partial charge in [-0.2, -0.15) is 4.79 Å². The summed E-state index contributed by atoms with van der Waals surface area (Å²) in [5.74, 6) is -1.43. The minimum Gasteiger partial charge on any atom is -0.477 e. The summed E-state index contributed by atoms with van der Waals surface area (Å²) in [6.45, 7) is 0. The quantitative estimate of drug-likeness (QED) is 0.792. The van der Waals surface area contributed by atoms with Gasteiger partial charge < -0.3 is 5.11 Å². The third-order valence-electron chi connectivity index (χ3n) is 2.10. The van der Waals surface area contributed by atoms with Crippen LogP contribution in [0.5, 0.6) is 0 Å². The van der Waals surface area contributed by atoms with E-state index in [2.05, 4.69) is 0 Å². The molecule has 1 aromatic heterocycles. The molecule has 18 heavy (non-hydrogen) atoms. The molecule has 93 valence electrons. The smallest absolute Gasteiger partial charge is 0.477 e. The summed E-state index contributed by atoms with van der Waals surface area (Å²) in [6, 6.07) is 5.91. The third-order valence-corrected chi connectivity index (χ3v) is 2.10. The van der Waals surface area contributed by atoms with Crippen molar-refractivity contribution in [3.8, 4) is 0 Å². The van der Waals surface area contributed by atoms with Gasteiger partial charge in [0.2, 0.25) is 5.43 Å². The summed E-state index contributed by atoms with van der Waals surface area (Å²) in [6.07, 6.45) is 0.674. The number of halogens is 3. The van der Waals surface area contributed by atoms with Crippen LogP contribution in [0.15, 0.2) is 35.3 Å². The third kappa shape index (κ3) is 2.71. The zero-order valence-electron chi connectivity index (χ0n) is 8.81. The van der Waals surface area contributed by atoms with E-state index in [1.54, 1.807) is 12.1 Å². The lowest BCUT2D eigenvalue weighted by Gasteiger charge is -2.02. The number of hydrogen-bond donors (Lipinski definition) is 1. The molecular formula is C10H6BF3NO3. The van der Waals surface area contributed by atoms with Crippen molar-refractivity contribution in [2.75, 3.05) is 0 Å². The fourth-order valence-electron chi connectivity index (χ4n) is 1.39. The van der Waals surface area contributed by atoms with Gasteiger partial charge in [0.1, 0.15) is 5.56 Å². The van der Waals surface area contributed by atoms with E-state index in [1.807, 2.05) is 0 Å². The minimum absolute atomic E-state index is 0.0555. The molecule has 0 aliphatic rings. The first-order valence-electron chi connectivity index (χ1n) is 4.59. The Hall–Kier alpha value is -2.25. The Morgan fingerprint density at radius 1 is 1.28 bits per heavy atom. The Bertz CT molecular complexity index is 629. The number of fused-ring (bicyclic) bond motifs is 1. The molecule has 0 atom stereocenters.